The highest BCUT2D eigenvalue weighted by molar-refractivity contribution is 6.40. The van der Waals surface area contributed by atoms with Gasteiger partial charge in [-0.2, -0.15) is 0 Å². The summed E-state index contributed by atoms with van der Waals surface area (Å²) in [5, 5.41) is 0.677. The summed E-state index contributed by atoms with van der Waals surface area (Å²) in [5.41, 5.74) is 0. The van der Waals surface area contributed by atoms with Crippen molar-refractivity contribution in [1.29, 1.82) is 0 Å². The zero-order chi connectivity index (χ0) is 21.2. The van der Waals surface area contributed by atoms with Crippen LogP contribution >= 0.6 is 34.8 Å². The number of hydrogen-bond acceptors (Lipinski definition) is 4. The molecule has 0 heterocycles. The highest BCUT2D eigenvalue weighted by atomic mass is 35.5. The van der Waals surface area contributed by atoms with E-state index in [1.165, 1.54) is 31.4 Å². The summed E-state index contributed by atoms with van der Waals surface area (Å²) in [5.74, 6) is -1.77. The van der Waals surface area contributed by atoms with Gasteiger partial charge in [0.1, 0.15) is 0 Å². The van der Waals surface area contributed by atoms with Gasteiger partial charge in [0.15, 0.2) is 5.75 Å². The van der Waals surface area contributed by atoms with Crippen LogP contribution in [0.5, 0.6) is 5.75 Å². The first kappa shape index (κ1) is 24.3. The molecule has 0 saturated heterocycles. The van der Waals surface area contributed by atoms with Gasteiger partial charge in [0.25, 0.3) is 0 Å². The van der Waals surface area contributed by atoms with Gasteiger partial charge >= 0.3 is 11.9 Å². The Morgan fingerprint density at radius 3 is 2.07 bits per heavy atom. The van der Waals surface area contributed by atoms with Crippen molar-refractivity contribution < 1.29 is 19.1 Å². The zero-order valence-corrected chi connectivity index (χ0v) is 19.1. The van der Waals surface area contributed by atoms with Crippen molar-refractivity contribution in [3.63, 3.8) is 0 Å². The number of hydrogen-bond donors (Lipinski definition) is 0. The molecule has 1 aliphatic rings. The van der Waals surface area contributed by atoms with E-state index in [2.05, 4.69) is 6.92 Å². The van der Waals surface area contributed by atoms with E-state index in [4.69, 9.17) is 44.3 Å². The molecule has 4 nitrogen and oxygen atoms in total. The van der Waals surface area contributed by atoms with E-state index in [0.29, 0.717) is 24.5 Å². The zero-order valence-electron chi connectivity index (χ0n) is 16.9. The van der Waals surface area contributed by atoms with Crippen molar-refractivity contribution in [3.05, 3.63) is 27.2 Å². The summed E-state index contributed by atoms with van der Waals surface area (Å²) in [6.07, 6.45) is 9.70. The monoisotopic (exact) mass is 462 g/mol. The van der Waals surface area contributed by atoms with Crippen molar-refractivity contribution in [2.75, 3.05) is 6.61 Å². The number of esters is 2. The van der Waals surface area contributed by atoms with Crippen LogP contribution in [0.2, 0.25) is 15.1 Å². The fourth-order valence-electron chi connectivity index (χ4n) is 3.66. The molecule has 0 bridgehead atoms. The van der Waals surface area contributed by atoms with Gasteiger partial charge in [-0.05, 0) is 31.4 Å². The van der Waals surface area contributed by atoms with E-state index >= 15 is 0 Å². The molecule has 0 N–H and O–H groups in total. The van der Waals surface area contributed by atoms with Crippen molar-refractivity contribution in [3.8, 4) is 5.75 Å². The van der Waals surface area contributed by atoms with Crippen molar-refractivity contribution in [2.24, 2.45) is 11.8 Å². The average Bonchev–Trinajstić information content (AvgIpc) is 2.69. The van der Waals surface area contributed by atoms with E-state index in [0.717, 1.165) is 32.1 Å². The summed E-state index contributed by atoms with van der Waals surface area (Å²) in [4.78, 5) is 25.3. The maximum atomic E-state index is 12.8. The lowest BCUT2D eigenvalue weighted by molar-refractivity contribution is -0.158. The SMILES string of the molecule is CCCCCCCCOC(=O)C1CCCCC1C(=O)Oc1c(Cl)cc(Cl)cc1Cl. The standard InChI is InChI=1S/C22H29Cl3O4/c1-2-3-4-5-6-9-12-28-21(26)16-10-7-8-11-17(16)22(27)29-20-18(24)13-15(23)14-19(20)25/h13-14,16-17H,2-12H2,1H3. The molecule has 29 heavy (non-hydrogen) atoms. The van der Waals surface area contributed by atoms with Gasteiger partial charge in [0, 0.05) is 5.02 Å². The Morgan fingerprint density at radius 1 is 0.897 bits per heavy atom. The molecule has 1 aromatic rings. The molecule has 1 fully saturated rings. The number of rotatable bonds is 10. The lowest BCUT2D eigenvalue weighted by atomic mass is 9.79. The quantitative estimate of drug-likeness (QED) is 0.208. The third kappa shape index (κ3) is 7.66. The van der Waals surface area contributed by atoms with Crippen LogP contribution in [0.4, 0.5) is 0 Å². The highest BCUT2D eigenvalue weighted by Crippen LogP contribution is 2.38. The van der Waals surface area contributed by atoms with Gasteiger partial charge in [-0.3, -0.25) is 9.59 Å². The third-order valence-corrected chi connectivity index (χ3v) is 6.06. The molecule has 1 aromatic carbocycles. The van der Waals surface area contributed by atoms with Gasteiger partial charge in [-0.25, -0.2) is 0 Å². The molecule has 1 aliphatic carbocycles. The molecule has 2 atom stereocenters. The van der Waals surface area contributed by atoms with Gasteiger partial charge < -0.3 is 9.47 Å². The topological polar surface area (TPSA) is 52.6 Å². The predicted molar refractivity (Wildman–Crippen MR) is 117 cm³/mol. The lowest BCUT2D eigenvalue weighted by Crippen LogP contribution is -2.36. The maximum absolute atomic E-state index is 12.8. The molecule has 0 aromatic heterocycles. The molecule has 0 amide bonds. The van der Waals surface area contributed by atoms with E-state index in [1.54, 1.807) is 0 Å². The van der Waals surface area contributed by atoms with Crippen LogP contribution in [0, 0.1) is 11.8 Å². The van der Waals surface area contributed by atoms with Crippen LogP contribution in [-0.2, 0) is 14.3 Å². The molecule has 1 saturated carbocycles. The predicted octanol–water partition coefficient (Wildman–Crippen LogP) is 7.26. The van der Waals surface area contributed by atoms with E-state index in [9.17, 15) is 9.59 Å². The number of benzene rings is 1. The number of carbonyl (C=O) groups is 2. The lowest BCUT2D eigenvalue weighted by Gasteiger charge is -2.28. The van der Waals surface area contributed by atoms with Crippen LogP contribution in [0.25, 0.3) is 0 Å². The molecular formula is C22H29Cl3O4. The summed E-state index contributed by atoms with van der Waals surface area (Å²) in [6.45, 7) is 2.58. The number of halogens is 3. The Morgan fingerprint density at radius 2 is 1.45 bits per heavy atom. The van der Waals surface area contributed by atoms with Crippen molar-refractivity contribution in [1.82, 2.24) is 0 Å². The van der Waals surface area contributed by atoms with E-state index in [-0.39, 0.29) is 21.8 Å². The first-order chi connectivity index (χ1) is 13.9. The largest absolute Gasteiger partial charge is 0.465 e. The Bertz CT molecular complexity index is 670. The fourth-order valence-corrected chi connectivity index (χ4v) is 4.55. The minimum atomic E-state index is -0.552. The minimum absolute atomic E-state index is 0.0764. The molecule has 0 radical (unpaired) electrons. The number of carbonyl (C=O) groups excluding carboxylic acids is 2. The molecule has 0 spiro atoms. The van der Waals surface area contributed by atoms with Crippen LogP contribution in [0.15, 0.2) is 12.1 Å². The smallest absolute Gasteiger partial charge is 0.315 e. The molecular weight excluding hydrogens is 435 g/mol. The Kier molecular flexibility index (Phi) is 10.6. The summed E-state index contributed by atoms with van der Waals surface area (Å²) < 4.78 is 10.9. The molecule has 162 valence electrons. The van der Waals surface area contributed by atoms with E-state index in [1.807, 2.05) is 0 Å². The Hall–Kier alpha value is -0.970. The summed E-state index contributed by atoms with van der Waals surface area (Å²) in [6, 6.07) is 2.93. The fraction of sp³-hybridized carbons (Fsp3) is 0.636. The first-order valence-corrected chi connectivity index (χ1v) is 11.6. The second-order valence-electron chi connectivity index (χ2n) is 7.55. The van der Waals surface area contributed by atoms with Crippen molar-refractivity contribution >= 4 is 46.7 Å². The third-order valence-electron chi connectivity index (χ3n) is 5.28. The minimum Gasteiger partial charge on any atom is -0.465 e. The van der Waals surface area contributed by atoms with Crippen LogP contribution < -0.4 is 4.74 Å². The van der Waals surface area contributed by atoms with Gasteiger partial charge in [0.05, 0.1) is 28.5 Å². The maximum Gasteiger partial charge on any atom is 0.315 e. The summed E-state index contributed by atoms with van der Waals surface area (Å²) in [7, 11) is 0. The number of unbranched alkanes of at least 4 members (excludes halogenated alkanes) is 5. The van der Waals surface area contributed by atoms with Crippen LogP contribution in [0.1, 0.15) is 71.1 Å². The van der Waals surface area contributed by atoms with Crippen LogP contribution in [-0.4, -0.2) is 18.5 Å². The second kappa shape index (κ2) is 12.7. The molecule has 7 heteroatoms. The first-order valence-electron chi connectivity index (χ1n) is 10.5. The highest BCUT2D eigenvalue weighted by Gasteiger charge is 2.38. The van der Waals surface area contributed by atoms with Gasteiger partial charge in [-0.15, -0.1) is 0 Å². The van der Waals surface area contributed by atoms with Crippen LogP contribution in [0.3, 0.4) is 0 Å². The Balaban J connectivity index is 1.89. The molecule has 0 aliphatic heterocycles. The number of ether oxygens (including phenoxy) is 2. The summed E-state index contributed by atoms with van der Waals surface area (Å²) >= 11 is 18.1. The normalized spacial score (nSPS) is 19.0. The van der Waals surface area contributed by atoms with Gasteiger partial charge in [-0.1, -0.05) is 86.7 Å². The average molecular weight is 464 g/mol. The Labute approximate surface area is 188 Å². The molecule has 2 rings (SSSR count). The van der Waals surface area contributed by atoms with E-state index < -0.39 is 17.8 Å². The van der Waals surface area contributed by atoms with Gasteiger partial charge in [0.2, 0.25) is 0 Å². The molecule has 2 unspecified atom stereocenters. The van der Waals surface area contributed by atoms with Crippen molar-refractivity contribution in [2.45, 2.75) is 71.1 Å². The second-order valence-corrected chi connectivity index (χ2v) is 8.80.